The average molecular weight is 513 g/mol. The summed E-state index contributed by atoms with van der Waals surface area (Å²) in [5, 5.41) is 8.01. The lowest BCUT2D eigenvalue weighted by atomic mass is 10.1. The average Bonchev–Trinajstić information content (AvgIpc) is 3.05. The van der Waals surface area contributed by atoms with E-state index >= 15 is 0 Å². The third-order valence-electron chi connectivity index (χ3n) is 4.63. The molecule has 0 saturated heterocycles. The largest absolute Gasteiger partial charge is 0.497 e. The maximum atomic E-state index is 5.21. The number of nitrogens with zero attached hydrogens (tertiary/aromatic N) is 4. The summed E-state index contributed by atoms with van der Waals surface area (Å²) >= 11 is 0. The van der Waals surface area contributed by atoms with Crippen molar-refractivity contribution in [2.75, 3.05) is 27.2 Å². The molecule has 1 aromatic carbocycles. The first kappa shape index (κ1) is 25.3. The van der Waals surface area contributed by atoms with Crippen LogP contribution < -0.4 is 10.1 Å². The second-order valence-electron chi connectivity index (χ2n) is 7.41. The van der Waals surface area contributed by atoms with E-state index in [2.05, 4.69) is 61.5 Å². The van der Waals surface area contributed by atoms with Crippen molar-refractivity contribution in [2.24, 2.45) is 12.0 Å². The predicted octanol–water partition coefficient (Wildman–Crippen LogP) is 4.20. The van der Waals surface area contributed by atoms with Gasteiger partial charge >= 0.3 is 0 Å². The monoisotopic (exact) mass is 513 g/mol. The van der Waals surface area contributed by atoms with Gasteiger partial charge < -0.3 is 15.0 Å². The molecule has 0 radical (unpaired) electrons. The van der Waals surface area contributed by atoms with Crippen molar-refractivity contribution in [1.82, 2.24) is 20.0 Å². The summed E-state index contributed by atoms with van der Waals surface area (Å²) in [6.45, 7) is 8.92. The molecule has 7 heteroatoms. The molecule has 0 amide bonds. The van der Waals surface area contributed by atoms with E-state index < -0.39 is 0 Å². The van der Waals surface area contributed by atoms with Gasteiger partial charge in [0, 0.05) is 45.5 Å². The first-order valence-corrected chi connectivity index (χ1v) is 10.1. The van der Waals surface area contributed by atoms with E-state index in [0.717, 1.165) is 49.9 Å². The maximum absolute atomic E-state index is 5.21. The minimum absolute atomic E-state index is 0. The van der Waals surface area contributed by atoms with Gasteiger partial charge in [0.05, 0.1) is 12.8 Å². The van der Waals surface area contributed by atoms with E-state index in [-0.39, 0.29) is 24.0 Å². The van der Waals surface area contributed by atoms with Crippen molar-refractivity contribution >= 4 is 29.9 Å². The van der Waals surface area contributed by atoms with E-state index in [4.69, 9.17) is 9.73 Å². The number of nitrogens with one attached hydrogen (secondary N) is 1. The van der Waals surface area contributed by atoms with Gasteiger partial charge in [-0.25, -0.2) is 0 Å². The number of ether oxygens (including phenoxy) is 1. The van der Waals surface area contributed by atoms with Crippen LogP contribution in [0.25, 0.3) is 0 Å². The molecule has 0 aliphatic carbocycles. The molecule has 0 spiro atoms. The molecule has 1 N–H and O–H groups in total. The number of guanidine groups is 1. The maximum Gasteiger partial charge on any atom is 0.193 e. The van der Waals surface area contributed by atoms with Crippen LogP contribution >= 0.6 is 24.0 Å². The topological polar surface area (TPSA) is 54.7 Å². The summed E-state index contributed by atoms with van der Waals surface area (Å²) in [6.07, 6.45) is 4.13. The van der Waals surface area contributed by atoms with Gasteiger partial charge in [-0.2, -0.15) is 5.10 Å². The highest BCUT2D eigenvalue weighted by molar-refractivity contribution is 14.0. The highest BCUT2D eigenvalue weighted by atomic mass is 127. The summed E-state index contributed by atoms with van der Waals surface area (Å²) in [4.78, 5) is 7.00. The Labute approximate surface area is 192 Å². The fourth-order valence-corrected chi connectivity index (χ4v) is 3.22. The summed E-state index contributed by atoms with van der Waals surface area (Å²) in [5.41, 5.74) is 3.72. The van der Waals surface area contributed by atoms with Crippen LogP contribution in [0.3, 0.4) is 0 Å². The van der Waals surface area contributed by atoms with Crippen molar-refractivity contribution in [3.05, 3.63) is 47.3 Å². The second kappa shape index (κ2) is 12.7. The van der Waals surface area contributed by atoms with E-state index in [1.54, 1.807) is 7.11 Å². The van der Waals surface area contributed by atoms with Crippen molar-refractivity contribution in [3.63, 3.8) is 0 Å². The standard InChI is InChI=1S/C22H35N5O.HI/c1-7-23-22(24-14-8-9-18-10-12-20(28-6)13-11-18)26(4)15-19-16-27(5)25-21(19)17(2)3;/h10-13,16-17H,7-9,14-15H2,1-6H3,(H,23,24);1H. The van der Waals surface area contributed by atoms with Crippen molar-refractivity contribution < 1.29 is 4.74 Å². The Hall–Kier alpha value is -1.77. The lowest BCUT2D eigenvalue weighted by Crippen LogP contribution is -2.38. The number of halogens is 1. The van der Waals surface area contributed by atoms with Crippen LogP contribution in [0.4, 0.5) is 0 Å². The van der Waals surface area contributed by atoms with Crippen molar-refractivity contribution in [3.8, 4) is 5.75 Å². The SMILES string of the molecule is CCNC(=NCCCc1ccc(OC)cc1)N(C)Cc1cn(C)nc1C(C)C.I. The zero-order chi connectivity index (χ0) is 20.5. The first-order chi connectivity index (χ1) is 13.4. The minimum atomic E-state index is 0. The predicted molar refractivity (Wildman–Crippen MR) is 131 cm³/mol. The van der Waals surface area contributed by atoms with Crippen molar-refractivity contribution in [2.45, 2.75) is 46.1 Å². The number of aromatic nitrogens is 2. The molecule has 1 aromatic heterocycles. The molecule has 2 rings (SSSR count). The molecule has 162 valence electrons. The van der Waals surface area contributed by atoms with Crippen LogP contribution in [-0.4, -0.2) is 47.9 Å². The number of aryl methyl sites for hydroxylation is 2. The van der Waals surface area contributed by atoms with Crippen LogP contribution in [0.2, 0.25) is 0 Å². The normalized spacial score (nSPS) is 11.3. The molecule has 2 aromatic rings. The van der Waals surface area contributed by atoms with E-state index in [9.17, 15) is 0 Å². The Balaban J connectivity index is 0.00000420. The molecule has 6 nitrogen and oxygen atoms in total. The van der Waals surface area contributed by atoms with Gasteiger partial charge in [-0.1, -0.05) is 26.0 Å². The smallest absolute Gasteiger partial charge is 0.193 e. The van der Waals surface area contributed by atoms with Crippen LogP contribution in [0.1, 0.15) is 49.9 Å². The van der Waals surface area contributed by atoms with Gasteiger partial charge in [-0.05, 0) is 43.4 Å². The molecule has 0 unspecified atom stereocenters. The number of rotatable bonds is 9. The highest BCUT2D eigenvalue weighted by Crippen LogP contribution is 2.18. The molecule has 0 bridgehead atoms. The molecule has 0 saturated carbocycles. The molecule has 1 heterocycles. The number of aliphatic imine (C=N–C) groups is 1. The third-order valence-corrected chi connectivity index (χ3v) is 4.63. The Bertz CT molecular complexity index is 755. The molecule has 0 fully saturated rings. The van der Waals surface area contributed by atoms with Crippen LogP contribution in [0, 0.1) is 0 Å². The Morgan fingerprint density at radius 1 is 1.28 bits per heavy atom. The lowest BCUT2D eigenvalue weighted by molar-refractivity contribution is 0.414. The number of benzene rings is 1. The molecular formula is C22H36IN5O. The molecule has 29 heavy (non-hydrogen) atoms. The van der Waals surface area contributed by atoms with E-state index in [0.29, 0.717) is 5.92 Å². The Morgan fingerprint density at radius 2 is 1.97 bits per heavy atom. The molecule has 0 aliphatic rings. The van der Waals surface area contributed by atoms with Gasteiger partial charge in [0.1, 0.15) is 5.75 Å². The third kappa shape index (κ3) is 7.87. The minimum Gasteiger partial charge on any atom is -0.497 e. The van der Waals surface area contributed by atoms with Gasteiger partial charge in [0.15, 0.2) is 5.96 Å². The summed E-state index contributed by atoms with van der Waals surface area (Å²) in [7, 11) is 5.76. The van der Waals surface area contributed by atoms with Crippen LogP contribution in [0.5, 0.6) is 5.75 Å². The number of hydrogen-bond donors (Lipinski definition) is 1. The van der Waals surface area contributed by atoms with E-state index in [1.165, 1.54) is 11.1 Å². The first-order valence-electron chi connectivity index (χ1n) is 10.1. The Morgan fingerprint density at radius 3 is 2.55 bits per heavy atom. The fourth-order valence-electron chi connectivity index (χ4n) is 3.22. The van der Waals surface area contributed by atoms with E-state index in [1.807, 2.05) is 23.9 Å². The lowest BCUT2D eigenvalue weighted by Gasteiger charge is -2.22. The summed E-state index contributed by atoms with van der Waals surface area (Å²) < 4.78 is 7.11. The molecule has 0 atom stereocenters. The number of methoxy groups -OCH3 is 1. The summed E-state index contributed by atoms with van der Waals surface area (Å²) in [5.74, 6) is 2.25. The summed E-state index contributed by atoms with van der Waals surface area (Å²) in [6, 6.07) is 8.26. The zero-order valence-electron chi connectivity index (χ0n) is 18.6. The van der Waals surface area contributed by atoms with Gasteiger partial charge in [0.2, 0.25) is 0 Å². The van der Waals surface area contributed by atoms with Crippen LogP contribution in [0.15, 0.2) is 35.5 Å². The number of hydrogen-bond acceptors (Lipinski definition) is 3. The molecule has 0 aliphatic heterocycles. The van der Waals surface area contributed by atoms with Gasteiger partial charge in [0.25, 0.3) is 0 Å². The fraction of sp³-hybridized carbons (Fsp3) is 0.545. The molecular weight excluding hydrogens is 477 g/mol. The highest BCUT2D eigenvalue weighted by Gasteiger charge is 2.15. The Kier molecular flexibility index (Phi) is 11.1. The van der Waals surface area contributed by atoms with Gasteiger partial charge in [-0.15, -0.1) is 24.0 Å². The zero-order valence-corrected chi connectivity index (χ0v) is 20.9. The van der Waals surface area contributed by atoms with Gasteiger partial charge in [-0.3, -0.25) is 9.67 Å². The second-order valence-corrected chi connectivity index (χ2v) is 7.41. The van der Waals surface area contributed by atoms with Crippen molar-refractivity contribution in [1.29, 1.82) is 0 Å². The quantitative estimate of drug-likeness (QED) is 0.237. The van der Waals surface area contributed by atoms with Crippen LogP contribution in [-0.2, 0) is 20.0 Å².